The number of pyridine rings is 1. The van der Waals surface area contributed by atoms with Crippen LogP contribution in [0.3, 0.4) is 0 Å². The van der Waals surface area contributed by atoms with Crippen LogP contribution in [0.2, 0.25) is 0 Å². The molecule has 0 saturated heterocycles. The summed E-state index contributed by atoms with van der Waals surface area (Å²) in [6, 6.07) is 13.3. The summed E-state index contributed by atoms with van der Waals surface area (Å²) in [7, 11) is 0. The number of rotatable bonds is 3. The van der Waals surface area contributed by atoms with E-state index in [0.29, 0.717) is 11.4 Å². The third kappa shape index (κ3) is 2.63. The van der Waals surface area contributed by atoms with E-state index >= 15 is 0 Å². The average Bonchev–Trinajstić information content (AvgIpc) is 2.90. The number of benzene rings is 1. The van der Waals surface area contributed by atoms with Gasteiger partial charge in [0, 0.05) is 6.20 Å². The fourth-order valence-corrected chi connectivity index (χ4v) is 2.46. The minimum absolute atomic E-state index is 0.519. The molecule has 0 amide bonds. The maximum atomic E-state index is 8.68. The van der Waals surface area contributed by atoms with E-state index in [1.165, 1.54) is 6.20 Å². The van der Waals surface area contributed by atoms with Crippen LogP contribution in [-0.4, -0.2) is 16.2 Å². The van der Waals surface area contributed by atoms with Crippen LogP contribution in [0.1, 0.15) is 10.6 Å². The van der Waals surface area contributed by atoms with E-state index in [1.54, 1.807) is 29.7 Å². The molecule has 0 bridgehead atoms. The van der Waals surface area contributed by atoms with E-state index in [0.717, 1.165) is 15.2 Å². The molecule has 1 aromatic carbocycles. The number of nitrogens with zero attached hydrogens (tertiary/aromatic N) is 4. The van der Waals surface area contributed by atoms with Crippen LogP contribution in [0, 0.1) is 11.3 Å². The highest BCUT2D eigenvalue weighted by atomic mass is 32.1. The van der Waals surface area contributed by atoms with Gasteiger partial charge in [0.1, 0.15) is 16.9 Å². The van der Waals surface area contributed by atoms with Gasteiger partial charge < -0.3 is 0 Å². The van der Waals surface area contributed by atoms with E-state index in [1.807, 2.05) is 30.3 Å². The number of hydrazone groups is 1. The van der Waals surface area contributed by atoms with Gasteiger partial charge in [0.2, 0.25) is 0 Å². The predicted molar refractivity (Wildman–Crippen MR) is 79.8 cm³/mol. The fraction of sp³-hybridized carbons (Fsp3) is 0. The average molecular weight is 279 g/mol. The molecule has 0 radical (unpaired) electrons. The van der Waals surface area contributed by atoms with Gasteiger partial charge in [0.05, 0.1) is 22.0 Å². The second-order valence-electron chi connectivity index (χ2n) is 3.93. The van der Waals surface area contributed by atoms with Crippen LogP contribution in [0.5, 0.6) is 0 Å². The smallest absolute Gasteiger partial charge is 0.146 e. The molecule has 0 unspecified atom stereocenters. The molecule has 3 aromatic rings. The lowest BCUT2D eigenvalue weighted by molar-refractivity contribution is 1.22. The van der Waals surface area contributed by atoms with Crippen LogP contribution in [0.4, 0.5) is 5.82 Å². The number of thiazole rings is 1. The SMILES string of the molecule is N#Cc1ccc(N/N=C/c2nc3ccccc3s2)nc1. The molecule has 0 aliphatic heterocycles. The van der Waals surface area contributed by atoms with Crippen molar-refractivity contribution in [2.45, 2.75) is 0 Å². The van der Waals surface area contributed by atoms with E-state index in [-0.39, 0.29) is 0 Å². The van der Waals surface area contributed by atoms with Gasteiger partial charge in [-0.05, 0) is 24.3 Å². The minimum atomic E-state index is 0.519. The second kappa shape index (κ2) is 5.47. The molecule has 2 heterocycles. The van der Waals surface area contributed by atoms with Gasteiger partial charge in [-0.2, -0.15) is 10.4 Å². The summed E-state index contributed by atoms with van der Waals surface area (Å²) in [5.74, 6) is 0.585. The Hall–Kier alpha value is -2.78. The number of aromatic nitrogens is 2. The number of fused-ring (bicyclic) bond motifs is 1. The Labute approximate surface area is 119 Å². The summed E-state index contributed by atoms with van der Waals surface area (Å²) in [6.45, 7) is 0. The topological polar surface area (TPSA) is 74.0 Å². The van der Waals surface area contributed by atoms with E-state index in [9.17, 15) is 0 Å². The Kier molecular flexibility index (Phi) is 3.35. The van der Waals surface area contributed by atoms with Crippen molar-refractivity contribution in [2.75, 3.05) is 5.43 Å². The highest BCUT2D eigenvalue weighted by Gasteiger charge is 1.99. The van der Waals surface area contributed by atoms with Crippen molar-refractivity contribution < 1.29 is 0 Å². The lowest BCUT2D eigenvalue weighted by Gasteiger charge is -1.97. The standard InChI is InChI=1S/C14H9N5S/c15-7-10-5-6-13(16-8-10)19-17-9-14-18-11-3-1-2-4-12(11)20-14/h1-6,8-9H,(H,16,19)/b17-9+. The zero-order chi connectivity index (χ0) is 13.8. The van der Waals surface area contributed by atoms with Crippen molar-refractivity contribution in [2.24, 2.45) is 5.10 Å². The minimum Gasteiger partial charge on any atom is -0.261 e. The van der Waals surface area contributed by atoms with Gasteiger partial charge in [-0.3, -0.25) is 5.43 Å². The largest absolute Gasteiger partial charge is 0.261 e. The number of anilines is 1. The zero-order valence-corrected chi connectivity index (χ0v) is 11.1. The first-order chi connectivity index (χ1) is 9.85. The van der Waals surface area contributed by atoms with Gasteiger partial charge in [0.25, 0.3) is 0 Å². The first kappa shape index (κ1) is 12.3. The summed E-state index contributed by atoms with van der Waals surface area (Å²) < 4.78 is 1.13. The lowest BCUT2D eigenvalue weighted by atomic mass is 10.3. The molecular formula is C14H9N5S. The molecule has 6 heteroatoms. The molecule has 0 saturated carbocycles. The van der Waals surface area contributed by atoms with Crippen molar-refractivity contribution in [3.63, 3.8) is 0 Å². The maximum absolute atomic E-state index is 8.68. The molecule has 0 spiro atoms. The number of hydrogen-bond donors (Lipinski definition) is 1. The first-order valence-corrected chi connectivity index (χ1v) is 6.67. The van der Waals surface area contributed by atoms with Crippen LogP contribution in [-0.2, 0) is 0 Å². The quantitative estimate of drug-likeness (QED) is 0.590. The third-order valence-electron chi connectivity index (χ3n) is 2.56. The van der Waals surface area contributed by atoms with Crippen LogP contribution in [0.15, 0.2) is 47.7 Å². The van der Waals surface area contributed by atoms with E-state index in [4.69, 9.17) is 5.26 Å². The van der Waals surface area contributed by atoms with Crippen LogP contribution >= 0.6 is 11.3 Å². The normalized spacial score (nSPS) is 10.8. The Morgan fingerprint density at radius 2 is 2.15 bits per heavy atom. The van der Waals surface area contributed by atoms with Crippen molar-refractivity contribution >= 4 is 33.6 Å². The van der Waals surface area contributed by atoms with E-state index in [2.05, 4.69) is 20.5 Å². The number of nitriles is 1. The summed E-state index contributed by atoms with van der Waals surface area (Å²) in [6.07, 6.45) is 3.15. The van der Waals surface area contributed by atoms with Crippen molar-refractivity contribution in [1.29, 1.82) is 5.26 Å². The zero-order valence-electron chi connectivity index (χ0n) is 10.3. The number of nitrogens with one attached hydrogen (secondary N) is 1. The second-order valence-corrected chi connectivity index (χ2v) is 5.00. The Balaban J connectivity index is 1.72. The summed E-state index contributed by atoms with van der Waals surface area (Å²) in [5, 5.41) is 13.6. The van der Waals surface area contributed by atoms with Crippen molar-refractivity contribution in [3.05, 3.63) is 53.2 Å². The maximum Gasteiger partial charge on any atom is 0.146 e. The highest BCUT2D eigenvalue weighted by molar-refractivity contribution is 7.20. The van der Waals surface area contributed by atoms with Crippen LogP contribution < -0.4 is 5.43 Å². The lowest BCUT2D eigenvalue weighted by Crippen LogP contribution is -1.93. The van der Waals surface area contributed by atoms with Gasteiger partial charge in [-0.1, -0.05) is 12.1 Å². The van der Waals surface area contributed by atoms with Gasteiger partial charge in [-0.25, -0.2) is 9.97 Å². The first-order valence-electron chi connectivity index (χ1n) is 5.86. The number of para-hydroxylation sites is 1. The molecule has 3 rings (SSSR count). The molecule has 96 valence electrons. The van der Waals surface area contributed by atoms with Gasteiger partial charge in [0.15, 0.2) is 0 Å². The fourth-order valence-electron chi connectivity index (χ4n) is 1.63. The van der Waals surface area contributed by atoms with E-state index < -0.39 is 0 Å². The number of hydrogen-bond acceptors (Lipinski definition) is 6. The molecule has 0 atom stereocenters. The Bertz CT molecular complexity index is 765. The molecule has 0 fully saturated rings. The molecule has 20 heavy (non-hydrogen) atoms. The monoisotopic (exact) mass is 279 g/mol. The third-order valence-corrected chi connectivity index (χ3v) is 3.53. The molecule has 0 aliphatic rings. The highest BCUT2D eigenvalue weighted by Crippen LogP contribution is 2.20. The Morgan fingerprint density at radius 1 is 1.25 bits per heavy atom. The molecule has 5 nitrogen and oxygen atoms in total. The summed E-state index contributed by atoms with van der Waals surface area (Å²) in [4.78, 5) is 8.50. The van der Waals surface area contributed by atoms with Crippen molar-refractivity contribution in [3.8, 4) is 6.07 Å². The summed E-state index contributed by atoms with van der Waals surface area (Å²) >= 11 is 1.57. The summed E-state index contributed by atoms with van der Waals surface area (Å²) in [5.41, 5.74) is 4.29. The predicted octanol–water partition coefficient (Wildman–Crippen LogP) is 3.01. The van der Waals surface area contributed by atoms with Crippen molar-refractivity contribution in [1.82, 2.24) is 9.97 Å². The van der Waals surface area contributed by atoms with Gasteiger partial charge in [-0.15, -0.1) is 11.3 Å². The van der Waals surface area contributed by atoms with Crippen LogP contribution in [0.25, 0.3) is 10.2 Å². The Morgan fingerprint density at radius 3 is 2.90 bits per heavy atom. The molecule has 1 N–H and O–H groups in total. The molecule has 2 aromatic heterocycles. The molecule has 0 aliphatic carbocycles. The molecular weight excluding hydrogens is 270 g/mol. The van der Waals surface area contributed by atoms with Gasteiger partial charge >= 0.3 is 0 Å².